The van der Waals surface area contributed by atoms with Crippen LogP contribution < -0.4 is 9.64 Å². The SMILES string of the molecule is CCOc1cc(N2CCC(C)(O)C2)ccc1[N+](=O)[O-]. The Morgan fingerprint density at radius 3 is 2.84 bits per heavy atom. The van der Waals surface area contributed by atoms with Gasteiger partial charge in [0.05, 0.1) is 17.1 Å². The molecule has 0 bridgehead atoms. The number of nitro benzene ring substituents is 1. The molecule has 1 fully saturated rings. The van der Waals surface area contributed by atoms with E-state index in [9.17, 15) is 15.2 Å². The number of ether oxygens (including phenoxy) is 1. The van der Waals surface area contributed by atoms with E-state index in [-0.39, 0.29) is 11.4 Å². The lowest BCUT2D eigenvalue weighted by molar-refractivity contribution is -0.385. The first kappa shape index (κ1) is 13.6. The normalized spacial score (nSPS) is 22.6. The van der Waals surface area contributed by atoms with Crippen LogP contribution in [0.4, 0.5) is 11.4 Å². The fraction of sp³-hybridized carbons (Fsp3) is 0.538. The Morgan fingerprint density at radius 2 is 2.32 bits per heavy atom. The van der Waals surface area contributed by atoms with Gasteiger partial charge in [-0.25, -0.2) is 0 Å². The molecule has 1 aromatic rings. The van der Waals surface area contributed by atoms with Gasteiger partial charge in [-0.1, -0.05) is 0 Å². The quantitative estimate of drug-likeness (QED) is 0.666. The van der Waals surface area contributed by atoms with Crippen LogP contribution in [0.5, 0.6) is 5.75 Å². The molecule has 6 nitrogen and oxygen atoms in total. The highest BCUT2D eigenvalue weighted by Crippen LogP contribution is 2.34. The number of hydrogen-bond donors (Lipinski definition) is 1. The van der Waals surface area contributed by atoms with Crippen molar-refractivity contribution >= 4 is 11.4 Å². The molecule has 1 unspecified atom stereocenters. The molecule has 0 amide bonds. The Kier molecular flexibility index (Phi) is 3.61. The zero-order valence-corrected chi connectivity index (χ0v) is 11.1. The minimum atomic E-state index is -0.701. The first-order valence-electron chi connectivity index (χ1n) is 6.31. The molecular weight excluding hydrogens is 248 g/mol. The number of hydrogen-bond acceptors (Lipinski definition) is 5. The number of rotatable bonds is 4. The summed E-state index contributed by atoms with van der Waals surface area (Å²) in [6, 6.07) is 4.82. The Balaban J connectivity index is 2.28. The van der Waals surface area contributed by atoms with Gasteiger partial charge in [-0.2, -0.15) is 0 Å². The van der Waals surface area contributed by atoms with Crippen molar-refractivity contribution in [2.75, 3.05) is 24.6 Å². The van der Waals surface area contributed by atoms with Gasteiger partial charge in [0, 0.05) is 30.9 Å². The van der Waals surface area contributed by atoms with E-state index in [1.807, 2.05) is 4.90 Å². The van der Waals surface area contributed by atoms with Crippen molar-refractivity contribution in [3.8, 4) is 5.75 Å². The van der Waals surface area contributed by atoms with E-state index in [0.717, 1.165) is 12.2 Å². The van der Waals surface area contributed by atoms with E-state index < -0.39 is 10.5 Å². The third-order valence-corrected chi connectivity index (χ3v) is 3.26. The van der Waals surface area contributed by atoms with Crippen molar-refractivity contribution in [1.82, 2.24) is 0 Å². The molecule has 1 saturated heterocycles. The molecule has 0 aliphatic carbocycles. The topological polar surface area (TPSA) is 75.8 Å². The van der Waals surface area contributed by atoms with Crippen molar-refractivity contribution in [2.45, 2.75) is 25.9 Å². The minimum Gasteiger partial charge on any atom is -0.487 e. The van der Waals surface area contributed by atoms with Crippen LogP contribution in [0.15, 0.2) is 18.2 Å². The predicted octanol–water partition coefficient (Wildman–Crippen LogP) is 1.95. The smallest absolute Gasteiger partial charge is 0.311 e. The highest BCUT2D eigenvalue weighted by Gasteiger charge is 2.32. The molecule has 2 rings (SSSR count). The second-order valence-corrected chi connectivity index (χ2v) is 5.01. The molecule has 104 valence electrons. The van der Waals surface area contributed by atoms with Crippen molar-refractivity contribution in [2.24, 2.45) is 0 Å². The van der Waals surface area contributed by atoms with E-state index in [1.54, 1.807) is 26.0 Å². The molecule has 0 radical (unpaired) electrons. The van der Waals surface area contributed by atoms with Crippen LogP contribution >= 0.6 is 0 Å². The lowest BCUT2D eigenvalue weighted by Gasteiger charge is -2.21. The predicted molar refractivity (Wildman–Crippen MR) is 71.7 cm³/mol. The molecule has 1 aromatic carbocycles. The van der Waals surface area contributed by atoms with Crippen molar-refractivity contribution in [3.63, 3.8) is 0 Å². The summed E-state index contributed by atoms with van der Waals surface area (Å²) in [4.78, 5) is 12.5. The van der Waals surface area contributed by atoms with E-state index in [0.29, 0.717) is 19.6 Å². The van der Waals surface area contributed by atoms with Crippen LogP contribution in [0.1, 0.15) is 20.3 Å². The Labute approximate surface area is 111 Å². The van der Waals surface area contributed by atoms with Gasteiger partial charge in [0.15, 0.2) is 5.75 Å². The fourth-order valence-corrected chi connectivity index (χ4v) is 2.29. The summed E-state index contributed by atoms with van der Waals surface area (Å²) in [5.41, 5.74) is 0.108. The fourth-order valence-electron chi connectivity index (χ4n) is 2.29. The van der Waals surface area contributed by atoms with Gasteiger partial charge in [-0.05, 0) is 26.3 Å². The van der Waals surface area contributed by atoms with Crippen molar-refractivity contribution < 1.29 is 14.8 Å². The Hall–Kier alpha value is -1.82. The largest absolute Gasteiger partial charge is 0.487 e. The van der Waals surface area contributed by atoms with Gasteiger partial charge in [0.1, 0.15) is 0 Å². The molecule has 1 N–H and O–H groups in total. The van der Waals surface area contributed by atoms with Gasteiger partial charge in [-0.15, -0.1) is 0 Å². The van der Waals surface area contributed by atoms with Crippen LogP contribution in [-0.2, 0) is 0 Å². The summed E-state index contributed by atoms with van der Waals surface area (Å²) in [6.07, 6.45) is 0.688. The molecule has 0 aromatic heterocycles. The van der Waals surface area contributed by atoms with Crippen molar-refractivity contribution in [1.29, 1.82) is 0 Å². The summed E-state index contributed by atoms with van der Waals surface area (Å²) >= 11 is 0. The molecule has 6 heteroatoms. The molecule has 1 atom stereocenters. The van der Waals surface area contributed by atoms with Crippen LogP contribution in [0.2, 0.25) is 0 Å². The summed E-state index contributed by atoms with van der Waals surface area (Å²) in [5, 5.41) is 20.9. The lowest BCUT2D eigenvalue weighted by atomic mass is 10.1. The van der Waals surface area contributed by atoms with E-state index >= 15 is 0 Å². The van der Waals surface area contributed by atoms with Crippen LogP contribution in [0, 0.1) is 10.1 Å². The van der Waals surface area contributed by atoms with Gasteiger partial charge in [0.25, 0.3) is 0 Å². The first-order valence-corrected chi connectivity index (χ1v) is 6.31. The number of nitro groups is 1. The average molecular weight is 266 g/mol. The molecule has 1 aliphatic heterocycles. The van der Waals surface area contributed by atoms with E-state index in [1.165, 1.54) is 6.07 Å². The van der Waals surface area contributed by atoms with Crippen LogP contribution in [-0.4, -0.2) is 35.3 Å². The number of nitrogens with zero attached hydrogens (tertiary/aromatic N) is 2. The van der Waals surface area contributed by atoms with Gasteiger partial charge < -0.3 is 14.7 Å². The monoisotopic (exact) mass is 266 g/mol. The van der Waals surface area contributed by atoms with Crippen LogP contribution in [0.25, 0.3) is 0 Å². The second-order valence-electron chi connectivity index (χ2n) is 5.01. The highest BCUT2D eigenvalue weighted by molar-refractivity contribution is 5.60. The van der Waals surface area contributed by atoms with Crippen LogP contribution in [0.3, 0.4) is 0 Å². The van der Waals surface area contributed by atoms with Gasteiger partial charge in [0.2, 0.25) is 0 Å². The summed E-state index contributed by atoms with van der Waals surface area (Å²) in [5.74, 6) is 0.275. The zero-order chi connectivity index (χ0) is 14.0. The summed E-state index contributed by atoms with van der Waals surface area (Å²) in [7, 11) is 0. The number of β-amino-alcohol motifs (C(OH)–C–C–N with tert-alkyl or cyclic N) is 1. The van der Waals surface area contributed by atoms with E-state index in [4.69, 9.17) is 4.74 Å². The second kappa shape index (κ2) is 5.05. The third kappa shape index (κ3) is 2.96. The van der Waals surface area contributed by atoms with E-state index in [2.05, 4.69) is 0 Å². The zero-order valence-electron chi connectivity index (χ0n) is 11.1. The maximum absolute atomic E-state index is 10.9. The van der Waals surface area contributed by atoms with Gasteiger partial charge >= 0.3 is 5.69 Å². The molecule has 19 heavy (non-hydrogen) atoms. The first-order chi connectivity index (χ1) is 8.93. The third-order valence-electron chi connectivity index (χ3n) is 3.26. The number of benzene rings is 1. The average Bonchev–Trinajstić information content (AvgIpc) is 2.70. The summed E-state index contributed by atoms with van der Waals surface area (Å²) in [6.45, 7) is 5.22. The van der Waals surface area contributed by atoms with Crippen molar-refractivity contribution in [3.05, 3.63) is 28.3 Å². The Bertz CT molecular complexity index is 488. The molecule has 0 saturated carbocycles. The molecule has 1 aliphatic rings. The standard InChI is InChI=1S/C13H18N2O4/c1-3-19-12-8-10(4-5-11(12)15(17)18)14-7-6-13(2,16)9-14/h4-5,8,16H,3,6-7,9H2,1-2H3. The Morgan fingerprint density at radius 1 is 1.58 bits per heavy atom. The van der Waals surface area contributed by atoms with Gasteiger partial charge in [-0.3, -0.25) is 10.1 Å². The number of aliphatic hydroxyl groups is 1. The number of anilines is 1. The lowest BCUT2D eigenvalue weighted by Crippen LogP contribution is -2.29. The maximum atomic E-state index is 10.9. The minimum absolute atomic E-state index is 0.0310. The molecule has 1 heterocycles. The summed E-state index contributed by atoms with van der Waals surface area (Å²) < 4.78 is 5.32. The molecule has 0 spiro atoms. The molecular formula is C13H18N2O4. The maximum Gasteiger partial charge on any atom is 0.311 e. The highest BCUT2D eigenvalue weighted by atomic mass is 16.6.